The number of benzene rings is 1. The second-order valence-corrected chi connectivity index (χ2v) is 5.87. The molecule has 0 spiro atoms. The lowest BCUT2D eigenvalue weighted by molar-refractivity contribution is -0.154. The Kier molecular flexibility index (Phi) is 3.68. The van der Waals surface area contributed by atoms with Crippen LogP contribution < -0.4 is 5.32 Å². The van der Waals surface area contributed by atoms with Crippen LogP contribution in [-0.2, 0) is 20.7 Å². The molecule has 0 bridgehead atoms. The first-order valence-corrected chi connectivity index (χ1v) is 7.29. The number of ether oxygens (including phenoxy) is 1. The standard InChI is InChI=1S/C16H19NO4/c18-14(13-9-11-3-1-2-4-12(11)13)17-10-16(15(19)20)5-7-21-8-6-16/h1-4,13H,5-10H2,(H,17,18)(H,19,20). The minimum Gasteiger partial charge on any atom is -0.481 e. The van der Waals surface area contributed by atoms with Gasteiger partial charge in [-0.25, -0.2) is 0 Å². The third-order valence-corrected chi connectivity index (χ3v) is 4.68. The van der Waals surface area contributed by atoms with E-state index >= 15 is 0 Å². The van der Waals surface area contributed by atoms with Gasteiger partial charge in [-0.3, -0.25) is 9.59 Å². The predicted molar refractivity (Wildman–Crippen MR) is 76.0 cm³/mol. The van der Waals surface area contributed by atoms with Crippen molar-refractivity contribution in [3.63, 3.8) is 0 Å². The number of carbonyl (C=O) groups excluding carboxylic acids is 1. The van der Waals surface area contributed by atoms with E-state index < -0.39 is 11.4 Å². The highest BCUT2D eigenvalue weighted by Gasteiger charge is 2.41. The van der Waals surface area contributed by atoms with Crippen molar-refractivity contribution in [2.45, 2.75) is 25.2 Å². The van der Waals surface area contributed by atoms with Crippen molar-refractivity contribution in [1.29, 1.82) is 0 Å². The van der Waals surface area contributed by atoms with Crippen LogP contribution >= 0.6 is 0 Å². The van der Waals surface area contributed by atoms with Crippen molar-refractivity contribution in [2.75, 3.05) is 19.8 Å². The summed E-state index contributed by atoms with van der Waals surface area (Å²) in [6, 6.07) is 7.88. The van der Waals surface area contributed by atoms with Crippen molar-refractivity contribution < 1.29 is 19.4 Å². The van der Waals surface area contributed by atoms with Crippen molar-refractivity contribution in [3.05, 3.63) is 35.4 Å². The van der Waals surface area contributed by atoms with E-state index in [1.807, 2.05) is 24.3 Å². The molecule has 5 heteroatoms. The van der Waals surface area contributed by atoms with Crippen LogP contribution in [0.15, 0.2) is 24.3 Å². The van der Waals surface area contributed by atoms with E-state index in [9.17, 15) is 14.7 Å². The molecule has 0 saturated carbocycles. The largest absolute Gasteiger partial charge is 0.481 e. The van der Waals surface area contributed by atoms with Crippen molar-refractivity contribution >= 4 is 11.9 Å². The summed E-state index contributed by atoms with van der Waals surface area (Å²) in [7, 11) is 0. The molecule has 1 aromatic carbocycles. The van der Waals surface area contributed by atoms with E-state index in [4.69, 9.17) is 4.74 Å². The predicted octanol–water partition coefficient (Wildman–Crippen LogP) is 1.32. The van der Waals surface area contributed by atoms with Crippen molar-refractivity contribution in [1.82, 2.24) is 5.32 Å². The Morgan fingerprint density at radius 2 is 2.00 bits per heavy atom. The number of hydrogen-bond acceptors (Lipinski definition) is 3. The van der Waals surface area contributed by atoms with E-state index in [0.717, 1.165) is 12.0 Å². The molecule has 3 rings (SSSR count). The zero-order valence-electron chi connectivity index (χ0n) is 11.8. The summed E-state index contributed by atoms with van der Waals surface area (Å²) in [5, 5.41) is 12.3. The number of amides is 1. The average molecular weight is 289 g/mol. The maximum atomic E-state index is 12.3. The third kappa shape index (κ3) is 2.53. The number of aliphatic carboxylic acids is 1. The summed E-state index contributed by atoms with van der Waals surface area (Å²) >= 11 is 0. The number of carboxylic acids is 1. The first-order valence-electron chi connectivity index (χ1n) is 7.29. The van der Waals surface area contributed by atoms with Gasteiger partial charge in [-0.15, -0.1) is 0 Å². The maximum absolute atomic E-state index is 12.3. The lowest BCUT2D eigenvalue weighted by atomic mass is 9.76. The van der Waals surface area contributed by atoms with Crippen LogP contribution in [0.5, 0.6) is 0 Å². The number of rotatable bonds is 4. The molecule has 21 heavy (non-hydrogen) atoms. The normalized spacial score (nSPS) is 22.8. The molecule has 2 aliphatic rings. The van der Waals surface area contributed by atoms with Crippen LogP contribution in [0, 0.1) is 5.41 Å². The number of carboxylic acid groups (broad SMARTS) is 1. The van der Waals surface area contributed by atoms with Gasteiger partial charge in [0.25, 0.3) is 0 Å². The fourth-order valence-electron chi connectivity index (χ4n) is 3.10. The van der Waals surface area contributed by atoms with E-state index in [1.165, 1.54) is 5.56 Å². The summed E-state index contributed by atoms with van der Waals surface area (Å²) in [5.41, 5.74) is 1.39. The minimum absolute atomic E-state index is 0.0687. The number of fused-ring (bicyclic) bond motifs is 1. The smallest absolute Gasteiger partial charge is 0.311 e. The molecule has 0 radical (unpaired) electrons. The molecule has 1 aromatic rings. The Balaban J connectivity index is 1.62. The van der Waals surface area contributed by atoms with E-state index in [1.54, 1.807) is 0 Å². The highest BCUT2D eigenvalue weighted by Crippen LogP contribution is 2.35. The Hall–Kier alpha value is -1.88. The van der Waals surface area contributed by atoms with Gasteiger partial charge in [0.15, 0.2) is 0 Å². The molecule has 1 amide bonds. The second kappa shape index (κ2) is 5.48. The third-order valence-electron chi connectivity index (χ3n) is 4.68. The molecule has 1 saturated heterocycles. The van der Waals surface area contributed by atoms with Gasteiger partial charge in [0, 0.05) is 19.8 Å². The molecule has 1 fully saturated rings. The van der Waals surface area contributed by atoms with Gasteiger partial charge in [0.05, 0.1) is 11.3 Å². The molecule has 1 unspecified atom stereocenters. The summed E-state index contributed by atoms with van der Waals surface area (Å²) in [5.74, 6) is -1.05. The Morgan fingerprint density at radius 1 is 1.29 bits per heavy atom. The van der Waals surface area contributed by atoms with Crippen molar-refractivity contribution in [3.8, 4) is 0 Å². The summed E-state index contributed by atoms with van der Waals surface area (Å²) in [4.78, 5) is 23.8. The van der Waals surface area contributed by atoms with Gasteiger partial charge >= 0.3 is 5.97 Å². The van der Waals surface area contributed by atoms with Crippen LogP contribution in [0.2, 0.25) is 0 Å². The van der Waals surface area contributed by atoms with E-state index in [-0.39, 0.29) is 18.4 Å². The van der Waals surface area contributed by atoms with Crippen LogP contribution in [0.1, 0.15) is 29.9 Å². The van der Waals surface area contributed by atoms with Gasteiger partial charge in [-0.05, 0) is 30.4 Å². The highest BCUT2D eigenvalue weighted by molar-refractivity contribution is 5.87. The van der Waals surface area contributed by atoms with Crippen LogP contribution in [0.25, 0.3) is 0 Å². The lowest BCUT2D eigenvalue weighted by Gasteiger charge is -2.35. The topological polar surface area (TPSA) is 75.6 Å². The molecule has 112 valence electrons. The van der Waals surface area contributed by atoms with E-state index in [0.29, 0.717) is 26.1 Å². The zero-order chi connectivity index (χ0) is 14.9. The van der Waals surface area contributed by atoms with Gasteiger partial charge in [0.1, 0.15) is 0 Å². The first-order chi connectivity index (χ1) is 10.1. The molecule has 1 atom stereocenters. The summed E-state index contributed by atoms with van der Waals surface area (Å²) in [6.07, 6.45) is 1.64. The molecule has 5 nitrogen and oxygen atoms in total. The Bertz CT molecular complexity index is 563. The van der Waals surface area contributed by atoms with Crippen LogP contribution in [0.4, 0.5) is 0 Å². The van der Waals surface area contributed by atoms with E-state index in [2.05, 4.69) is 5.32 Å². The van der Waals surface area contributed by atoms with Crippen LogP contribution in [-0.4, -0.2) is 36.7 Å². The summed E-state index contributed by atoms with van der Waals surface area (Å²) < 4.78 is 5.23. The number of nitrogens with one attached hydrogen (secondary N) is 1. The summed E-state index contributed by atoms with van der Waals surface area (Å²) in [6.45, 7) is 1.06. The average Bonchev–Trinajstić information content (AvgIpc) is 2.47. The number of hydrogen-bond donors (Lipinski definition) is 2. The maximum Gasteiger partial charge on any atom is 0.311 e. The van der Waals surface area contributed by atoms with Gasteiger partial charge < -0.3 is 15.2 Å². The fraction of sp³-hybridized carbons (Fsp3) is 0.500. The molecular formula is C16H19NO4. The molecule has 0 aromatic heterocycles. The van der Waals surface area contributed by atoms with Gasteiger partial charge in [-0.1, -0.05) is 24.3 Å². The lowest BCUT2D eigenvalue weighted by Crippen LogP contribution is -2.48. The van der Waals surface area contributed by atoms with Crippen molar-refractivity contribution in [2.24, 2.45) is 5.41 Å². The molecule has 2 N–H and O–H groups in total. The van der Waals surface area contributed by atoms with Gasteiger partial charge in [0.2, 0.25) is 5.91 Å². The molecule has 1 heterocycles. The Labute approximate surface area is 123 Å². The monoisotopic (exact) mass is 289 g/mol. The quantitative estimate of drug-likeness (QED) is 0.876. The highest BCUT2D eigenvalue weighted by atomic mass is 16.5. The second-order valence-electron chi connectivity index (χ2n) is 5.87. The minimum atomic E-state index is -0.878. The Morgan fingerprint density at radius 3 is 2.67 bits per heavy atom. The molecule has 1 aliphatic carbocycles. The SMILES string of the molecule is O=C(NCC1(C(=O)O)CCOCC1)C1Cc2ccccc21. The first kappa shape index (κ1) is 14.1. The van der Waals surface area contributed by atoms with Gasteiger partial charge in [-0.2, -0.15) is 0 Å². The fourth-order valence-corrected chi connectivity index (χ4v) is 3.10. The zero-order valence-corrected chi connectivity index (χ0v) is 11.8. The molecule has 1 aliphatic heterocycles. The number of carbonyl (C=O) groups is 2. The van der Waals surface area contributed by atoms with Crippen LogP contribution in [0.3, 0.4) is 0 Å². The molecular weight excluding hydrogens is 270 g/mol.